The molecular formula is C16H27N5O4S2. The van der Waals surface area contributed by atoms with E-state index in [1.165, 1.54) is 23.1 Å². The molecule has 2 heterocycles. The van der Waals surface area contributed by atoms with Crippen LogP contribution in [0.3, 0.4) is 0 Å². The average molecular weight is 418 g/mol. The third kappa shape index (κ3) is 7.51. The molecule has 0 spiro atoms. The van der Waals surface area contributed by atoms with E-state index in [2.05, 4.69) is 15.5 Å². The molecule has 1 saturated heterocycles. The number of hydrogen-bond acceptors (Lipinski definition) is 9. The van der Waals surface area contributed by atoms with Gasteiger partial charge in [-0.25, -0.2) is 4.79 Å². The van der Waals surface area contributed by atoms with Crippen molar-refractivity contribution in [1.29, 1.82) is 0 Å². The smallest absolute Gasteiger partial charge is 0.409 e. The van der Waals surface area contributed by atoms with Crippen LogP contribution >= 0.6 is 23.1 Å². The van der Waals surface area contributed by atoms with Crippen molar-refractivity contribution in [1.82, 2.24) is 20.0 Å². The second-order valence-electron chi connectivity index (χ2n) is 5.71. The zero-order valence-corrected chi connectivity index (χ0v) is 17.4. The lowest BCUT2D eigenvalue weighted by atomic mass is 10.3. The monoisotopic (exact) mass is 417 g/mol. The zero-order chi connectivity index (χ0) is 19.5. The summed E-state index contributed by atoms with van der Waals surface area (Å²) in [6.07, 6.45) is 0.598. The first kappa shape index (κ1) is 21.7. The van der Waals surface area contributed by atoms with Crippen molar-refractivity contribution in [2.24, 2.45) is 0 Å². The number of anilines is 1. The van der Waals surface area contributed by atoms with Gasteiger partial charge >= 0.3 is 6.09 Å². The largest absolute Gasteiger partial charge is 0.450 e. The second-order valence-corrected chi connectivity index (χ2v) is 7.91. The lowest BCUT2D eigenvalue weighted by molar-refractivity contribution is -0.129. The van der Waals surface area contributed by atoms with Gasteiger partial charge in [-0.1, -0.05) is 23.1 Å². The van der Waals surface area contributed by atoms with Gasteiger partial charge in [0, 0.05) is 45.9 Å². The van der Waals surface area contributed by atoms with Gasteiger partial charge < -0.3 is 24.6 Å². The molecule has 1 N–H and O–H groups in total. The van der Waals surface area contributed by atoms with Gasteiger partial charge in [0.25, 0.3) is 0 Å². The van der Waals surface area contributed by atoms with Crippen molar-refractivity contribution in [3.05, 3.63) is 0 Å². The Labute approximate surface area is 167 Å². The summed E-state index contributed by atoms with van der Waals surface area (Å²) in [4.78, 5) is 27.4. The van der Waals surface area contributed by atoms with Crippen molar-refractivity contribution in [2.75, 3.05) is 63.6 Å². The first-order valence-electron chi connectivity index (χ1n) is 9.11. The van der Waals surface area contributed by atoms with E-state index in [-0.39, 0.29) is 12.0 Å². The van der Waals surface area contributed by atoms with E-state index in [9.17, 15) is 9.59 Å². The molecule has 27 heavy (non-hydrogen) atoms. The van der Waals surface area contributed by atoms with E-state index in [0.717, 1.165) is 35.7 Å². The quantitative estimate of drug-likeness (QED) is 0.454. The molecule has 9 nitrogen and oxygen atoms in total. The van der Waals surface area contributed by atoms with Gasteiger partial charge in [0.15, 0.2) is 4.34 Å². The predicted octanol–water partition coefficient (Wildman–Crippen LogP) is 1.77. The maximum Gasteiger partial charge on any atom is 0.409 e. The molecule has 11 heteroatoms. The number of nitrogens with one attached hydrogen (secondary N) is 1. The van der Waals surface area contributed by atoms with Crippen LogP contribution in [-0.2, 0) is 14.3 Å². The number of hydrogen-bond donors (Lipinski definition) is 1. The van der Waals surface area contributed by atoms with E-state index in [0.29, 0.717) is 38.5 Å². The third-order valence-electron chi connectivity index (χ3n) is 3.83. The highest BCUT2D eigenvalue weighted by molar-refractivity contribution is 8.01. The number of carbonyl (C=O) groups excluding carboxylic acids is 2. The number of carbonyl (C=O) groups is 2. The number of piperazine rings is 1. The first-order valence-corrected chi connectivity index (χ1v) is 10.9. The van der Waals surface area contributed by atoms with Gasteiger partial charge in [-0.2, -0.15) is 0 Å². The van der Waals surface area contributed by atoms with Crippen molar-refractivity contribution in [3.8, 4) is 0 Å². The van der Waals surface area contributed by atoms with Crippen LogP contribution < -0.4 is 5.32 Å². The van der Waals surface area contributed by atoms with Gasteiger partial charge in [-0.3, -0.25) is 4.79 Å². The minimum atomic E-state index is -0.311. The predicted molar refractivity (Wildman–Crippen MR) is 105 cm³/mol. The summed E-state index contributed by atoms with van der Waals surface area (Å²) in [5.41, 5.74) is 0. The Morgan fingerprint density at radius 2 is 1.89 bits per heavy atom. The standard InChI is InChI=1S/C16H27N5O4S2/c1-3-24-11-5-6-17-14-18-19-15(27-14)26-12-13(22)20-7-9-21(10-8-20)16(23)25-4-2/h3-12H2,1-2H3,(H,17,18). The molecule has 1 aliphatic heterocycles. The number of rotatable bonds is 10. The van der Waals surface area contributed by atoms with Gasteiger partial charge in [-0.15, -0.1) is 10.2 Å². The van der Waals surface area contributed by atoms with Crippen LogP contribution in [0.4, 0.5) is 9.93 Å². The topological polar surface area (TPSA) is 96.9 Å². The van der Waals surface area contributed by atoms with Gasteiger partial charge in [0.05, 0.1) is 12.4 Å². The summed E-state index contributed by atoms with van der Waals surface area (Å²) < 4.78 is 11.0. The number of nitrogens with zero attached hydrogens (tertiary/aromatic N) is 4. The molecule has 1 aromatic rings. The Hall–Kier alpha value is -1.59. The van der Waals surface area contributed by atoms with Crippen LogP contribution in [0, 0.1) is 0 Å². The van der Waals surface area contributed by atoms with Crippen LogP contribution in [0.15, 0.2) is 4.34 Å². The van der Waals surface area contributed by atoms with Crippen LogP contribution in [0.5, 0.6) is 0 Å². The zero-order valence-electron chi connectivity index (χ0n) is 15.8. The van der Waals surface area contributed by atoms with Crippen molar-refractivity contribution in [3.63, 3.8) is 0 Å². The van der Waals surface area contributed by atoms with Crippen molar-refractivity contribution < 1.29 is 19.1 Å². The van der Waals surface area contributed by atoms with Crippen LogP contribution in [0.2, 0.25) is 0 Å². The molecule has 0 atom stereocenters. The molecule has 0 aromatic carbocycles. The number of amides is 2. The molecule has 0 bridgehead atoms. The normalized spacial score (nSPS) is 14.3. The highest BCUT2D eigenvalue weighted by Crippen LogP contribution is 2.25. The minimum Gasteiger partial charge on any atom is -0.450 e. The van der Waals surface area contributed by atoms with E-state index >= 15 is 0 Å². The molecule has 1 aromatic heterocycles. The van der Waals surface area contributed by atoms with E-state index in [1.807, 2.05) is 6.92 Å². The van der Waals surface area contributed by atoms with E-state index in [1.54, 1.807) is 16.7 Å². The molecule has 0 unspecified atom stereocenters. The highest BCUT2D eigenvalue weighted by atomic mass is 32.2. The molecular weight excluding hydrogens is 390 g/mol. The summed E-state index contributed by atoms with van der Waals surface area (Å²) in [6, 6.07) is 0. The fourth-order valence-corrected chi connectivity index (χ4v) is 4.10. The van der Waals surface area contributed by atoms with Crippen molar-refractivity contribution in [2.45, 2.75) is 24.6 Å². The average Bonchev–Trinajstić information content (AvgIpc) is 3.14. The molecule has 2 amide bonds. The molecule has 152 valence electrons. The Balaban J connectivity index is 1.65. The summed E-state index contributed by atoms with van der Waals surface area (Å²) in [7, 11) is 0. The Morgan fingerprint density at radius 3 is 2.59 bits per heavy atom. The number of thioether (sulfide) groups is 1. The van der Waals surface area contributed by atoms with Gasteiger partial charge in [0.1, 0.15) is 0 Å². The maximum absolute atomic E-state index is 12.4. The van der Waals surface area contributed by atoms with Crippen LogP contribution in [0.1, 0.15) is 20.3 Å². The summed E-state index contributed by atoms with van der Waals surface area (Å²) >= 11 is 2.83. The fraction of sp³-hybridized carbons (Fsp3) is 0.750. The van der Waals surface area contributed by atoms with Crippen LogP contribution in [-0.4, -0.2) is 90.3 Å². The minimum absolute atomic E-state index is 0.0462. The van der Waals surface area contributed by atoms with E-state index in [4.69, 9.17) is 9.47 Å². The highest BCUT2D eigenvalue weighted by Gasteiger charge is 2.24. The molecule has 1 aliphatic rings. The summed E-state index contributed by atoms with van der Waals surface area (Å²) in [6.45, 7) is 8.42. The SMILES string of the molecule is CCOCCCNc1nnc(SCC(=O)N2CCN(C(=O)OCC)CC2)s1. The molecule has 0 saturated carbocycles. The Bertz CT molecular complexity index is 593. The lowest BCUT2D eigenvalue weighted by Gasteiger charge is -2.33. The summed E-state index contributed by atoms with van der Waals surface area (Å²) in [5.74, 6) is 0.364. The number of aromatic nitrogens is 2. The molecule has 0 radical (unpaired) electrons. The molecule has 2 rings (SSSR count). The summed E-state index contributed by atoms with van der Waals surface area (Å²) in [5, 5.41) is 12.1. The molecule has 0 aliphatic carbocycles. The Kier molecular flexibility index (Phi) is 9.64. The fourth-order valence-electron chi connectivity index (χ4n) is 2.42. The number of ether oxygens (including phenoxy) is 2. The van der Waals surface area contributed by atoms with Crippen LogP contribution in [0.25, 0.3) is 0 Å². The van der Waals surface area contributed by atoms with Gasteiger partial charge in [-0.05, 0) is 20.3 Å². The first-order chi connectivity index (χ1) is 13.1. The lowest BCUT2D eigenvalue weighted by Crippen LogP contribution is -2.51. The van der Waals surface area contributed by atoms with Gasteiger partial charge in [0.2, 0.25) is 11.0 Å². The Morgan fingerprint density at radius 1 is 1.15 bits per heavy atom. The molecule has 1 fully saturated rings. The van der Waals surface area contributed by atoms with E-state index < -0.39 is 0 Å². The van der Waals surface area contributed by atoms with Crippen molar-refractivity contribution >= 4 is 40.2 Å². The second kappa shape index (κ2) is 12.0. The maximum atomic E-state index is 12.4. The third-order valence-corrected chi connectivity index (χ3v) is 5.83.